The maximum atomic E-state index is 10.8. The van der Waals surface area contributed by atoms with Crippen molar-refractivity contribution in [2.24, 2.45) is 0 Å². The summed E-state index contributed by atoms with van der Waals surface area (Å²) in [6.45, 7) is 4.56. The Morgan fingerprint density at radius 1 is 0.500 bits per heavy atom. The van der Waals surface area contributed by atoms with Crippen molar-refractivity contribution in [3.05, 3.63) is 158 Å². The second kappa shape index (κ2) is 29.4. The van der Waals surface area contributed by atoms with Gasteiger partial charge in [-0.3, -0.25) is 23.3 Å². The van der Waals surface area contributed by atoms with Crippen molar-refractivity contribution >= 4 is 133 Å². The van der Waals surface area contributed by atoms with Crippen LogP contribution in [0.1, 0.15) is 16.7 Å². The third kappa shape index (κ3) is 15.0. The molecule has 0 saturated carbocycles. The summed E-state index contributed by atoms with van der Waals surface area (Å²) in [5.41, 5.74) is 4.30. The van der Waals surface area contributed by atoms with Gasteiger partial charge in [0.05, 0.1) is 88.0 Å². The predicted molar refractivity (Wildman–Crippen MR) is 299 cm³/mol. The fourth-order valence-corrected chi connectivity index (χ4v) is 11.5. The SMILES string of the molecule is C1CNCCN1.N#Cc1ccc(-n2c(Br)cnc2SCC(=O)O)c2ccccc12.N#Cc1ccc(-n2c(Br)cnc2SCC(=O)O)c2ccccc12.N#Cc1ccc(-n2c(Br)cnc2SCC(=O)[O-])c2ccccc12.[K+]. The summed E-state index contributed by atoms with van der Waals surface area (Å²) >= 11 is 13.7. The van der Waals surface area contributed by atoms with E-state index >= 15 is 0 Å². The Labute approximate surface area is 515 Å². The van der Waals surface area contributed by atoms with Gasteiger partial charge in [-0.15, -0.1) is 0 Å². The van der Waals surface area contributed by atoms with Crippen LogP contribution in [0.25, 0.3) is 49.4 Å². The van der Waals surface area contributed by atoms with Crippen molar-refractivity contribution in [3.63, 3.8) is 0 Å². The van der Waals surface area contributed by atoms with Gasteiger partial charge in [-0.05, 0) is 84.2 Å². The normalized spacial score (nSPS) is 11.5. The minimum atomic E-state index is -1.15. The number of piperazine rings is 1. The summed E-state index contributed by atoms with van der Waals surface area (Å²) < 4.78 is 7.65. The molecule has 1 aliphatic rings. The molecule has 1 saturated heterocycles. The van der Waals surface area contributed by atoms with Gasteiger partial charge >= 0.3 is 63.3 Å². The Morgan fingerprint density at radius 3 is 1.03 bits per heavy atom. The summed E-state index contributed by atoms with van der Waals surface area (Å²) in [5, 5.41) is 69.6. The molecule has 3 aromatic heterocycles. The first-order valence-corrected chi connectivity index (χ1v) is 27.6. The number of hydrogen-bond donors (Lipinski definition) is 4. The van der Waals surface area contributed by atoms with Gasteiger partial charge in [0.2, 0.25) is 0 Å². The third-order valence-corrected chi connectivity index (χ3v) is 15.3. The van der Waals surface area contributed by atoms with Crippen LogP contribution in [-0.2, 0) is 14.4 Å². The number of carbonyl (C=O) groups excluding carboxylic acids is 1. The van der Waals surface area contributed by atoms with Gasteiger partial charge in [0.15, 0.2) is 15.5 Å². The molecule has 1 aliphatic heterocycles. The number of rotatable bonds is 12. The molecule has 24 heteroatoms. The molecule has 0 spiro atoms. The van der Waals surface area contributed by atoms with E-state index in [-0.39, 0.29) is 68.6 Å². The van der Waals surface area contributed by atoms with Crippen molar-refractivity contribution in [2.75, 3.05) is 43.4 Å². The van der Waals surface area contributed by atoms with Gasteiger partial charge < -0.3 is 30.7 Å². The summed E-state index contributed by atoms with van der Waals surface area (Å²) in [5.74, 6) is -3.27. The number of nitrogens with one attached hydrogen (secondary N) is 2. The van der Waals surface area contributed by atoms with E-state index in [1.165, 1.54) is 0 Å². The number of thioether (sulfide) groups is 3. The quantitative estimate of drug-likeness (QED) is 0.0766. The summed E-state index contributed by atoms with van der Waals surface area (Å²) in [7, 11) is 0. The molecule has 1 fully saturated rings. The summed E-state index contributed by atoms with van der Waals surface area (Å²) in [4.78, 5) is 45.1. The third-order valence-electron chi connectivity index (χ3n) is 10.8. The number of carbonyl (C=O) groups is 3. The van der Waals surface area contributed by atoms with Crippen LogP contribution >= 0.6 is 83.1 Å². The first-order chi connectivity index (χ1) is 36.3. The molecule has 4 N–H and O–H groups in total. The van der Waals surface area contributed by atoms with Crippen LogP contribution < -0.4 is 67.1 Å². The van der Waals surface area contributed by atoms with Gasteiger partial charge in [0.25, 0.3) is 0 Å². The molecular weight excluding hydrogens is 1250 g/mol. The Bertz CT molecular complexity index is 3320. The fraction of sp³-hybridized carbons (Fsp3) is 0.135. The van der Waals surface area contributed by atoms with Crippen molar-refractivity contribution in [3.8, 4) is 35.3 Å². The molecule has 0 unspecified atom stereocenters. The van der Waals surface area contributed by atoms with E-state index in [1.54, 1.807) is 36.8 Å². The minimum absolute atomic E-state index is 0. The van der Waals surface area contributed by atoms with E-state index in [0.29, 0.717) is 36.8 Å². The molecule has 76 heavy (non-hydrogen) atoms. The molecular formula is C52H39Br3KN11O6S3. The number of imidazole rings is 3. The van der Waals surface area contributed by atoms with Crippen LogP contribution in [0, 0.1) is 34.0 Å². The number of carboxylic acids is 3. The molecule has 378 valence electrons. The van der Waals surface area contributed by atoms with Crippen LogP contribution in [0.4, 0.5) is 0 Å². The molecule has 0 bridgehead atoms. The minimum Gasteiger partial charge on any atom is -0.549 e. The molecule has 0 radical (unpaired) electrons. The Hall–Kier alpha value is -5.34. The van der Waals surface area contributed by atoms with Crippen molar-refractivity contribution in [1.29, 1.82) is 15.8 Å². The fourth-order valence-electron chi connectivity index (χ4n) is 7.61. The van der Waals surface area contributed by atoms with Crippen LogP contribution in [-0.4, -0.2) is 100 Å². The second-order valence-electron chi connectivity index (χ2n) is 15.5. The predicted octanol–water partition coefficient (Wildman–Crippen LogP) is 6.36. The zero-order valence-corrected chi connectivity index (χ0v) is 50.3. The molecule has 4 heterocycles. The van der Waals surface area contributed by atoms with Gasteiger partial charge in [0, 0.05) is 64.2 Å². The Balaban J connectivity index is 0.000000174. The second-order valence-corrected chi connectivity index (χ2v) is 20.8. The zero-order valence-electron chi connectivity index (χ0n) is 40.0. The summed E-state index contributed by atoms with van der Waals surface area (Å²) in [6, 6.07) is 40.2. The number of aliphatic carboxylic acids is 3. The maximum absolute atomic E-state index is 10.8. The van der Waals surface area contributed by atoms with Crippen molar-refractivity contribution in [2.45, 2.75) is 15.5 Å². The van der Waals surface area contributed by atoms with Crippen LogP contribution in [0.15, 0.2) is 157 Å². The Morgan fingerprint density at radius 2 is 0.776 bits per heavy atom. The van der Waals surface area contributed by atoms with Gasteiger partial charge in [-0.2, -0.15) is 15.8 Å². The van der Waals surface area contributed by atoms with E-state index in [4.69, 9.17) is 10.2 Å². The molecule has 9 aromatic rings. The monoisotopic (exact) mass is 1280 g/mol. The average molecular weight is 1290 g/mol. The number of benzene rings is 6. The Kier molecular flexibility index (Phi) is 23.2. The standard InChI is InChI=1S/3C16H10BrN3O2S.C4H10N2.K/c3*17-14-8-19-16(23-9-15(21)22)20(14)13-6-5-10(7-18)11-3-1-2-4-12(11)13;1-2-6-4-3-5-1;/h3*1-6,8H,9H2,(H,21,22);5-6H,1-4H2;/q;;;;+1/p-1. The molecule has 0 amide bonds. The zero-order chi connectivity index (χ0) is 53.4. The number of carboxylic acid groups (broad SMARTS) is 3. The van der Waals surface area contributed by atoms with Crippen molar-refractivity contribution in [1.82, 2.24) is 39.3 Å². The smallest absolute Gasteiger partial charge is 0.549 e. The van der Waals surface area contributed by atoms with Gasteiger partial charge in [0.1, 0.15) is 13.8 Å². The molecule has 10 rings (SSSR count). The number of hydrogen-bond acceptors (Lipinski definition) is 15. The number of nitrogens with zero attached hydrogens (tertiary/aromatic N) is 9. The molecule has 0 aliphatic carbocycles. The first kappa shape index (κ1) is 59.9. The number of halogens is 3. The van der Waals surface area contributed by atoms with Gasteiger partial charge in [-0.1, -0.05) is 108 Å². The van der Waals surface area contributed by atoms with Crippen LogP contribution in [0.5, 0.6) is 0 Å². The number of fused-ring (bicyclic) bond motifs is 3. The van der Waals surface area contributed by atoms with E-state index in [1.807, 2.05) is 105 Å². The molecule has 0 atom stereocenters. The first-order valence-electron chi connectivity index (χ1n) is 22.2. The van der Waals surface area contributed by atoms with E-state index < -0.39 is 17.9 Å². The summed E-state index contributed by atoms with van der Waals surface area (Å²) in [6.07, 6.45) is 4.89. The van der Waals surface area contributed by atoms with Gasteiger partial charge in [-0.25, -0.2) is 15.0 Å². The average Bonchev–Trinajstić information content (AvgIpc) is 4.14. The largest absolute Gasteiger partial charge is 1.00 e. The van der Waals surface area contributed by atoms with E-state index in [9.17, 15) is 35.3 Å². The van der Waals surface area contributed by atoms with E-state index in [2.05, 4.69) is 91.6 Å². The topological polar surface area (TPSA) is 264 Å². The molecule has 17 nitrogen and oxygen atoms in total. The maximum Gasteiger partial charge on any atom is 1.00 e. The van der Waals surface area contributed by atoms with E-state index in [0.717, 1.165) is 120 Å². The van der Waals surface area contributed by atoms with Crippen molar-refractivity contribution < 1.29 is 81.1 Å². The molecule has 6 aromatic carbocycles. The number of nitriles is 3. The van der Waals surface area contributed by atoms with Crippen LogP contribution in [0.2, 0.25) is 0 Å². The van der Waals surface area contributed by atoms with Crippen LogP contribution in [0.3, 0.4) is 0 Å². The number of aromatic nitrogens is 6.